The Morgan fingerprint density at radius 1 is 1.56 bits per heavy atom. The van der Waals surface area contributed by atoms with Crippen molar-refractivity contribution in [2.75, 3.05) is 5.73 Å². The number of carbonyl (C=O) groups is 1. The highest BCUT2D eigenvalue weighted by atomic mass is 16.3. The standard InChI is InChI=1S/C10H9N3O3/c11-10-7(2-12-5-13-10)9(15)8-1-6(3-14)4-16-8/h1-2,4-5,14H,3H2,(H2,11,12,13). The second-order valence-electron chi connectivity index (χ2n) is 3.13. The number of anilines is 1. The summed E-state index contributed by atoms with van der Waals surface area (Å²) >= 11 is 0. The van der Waals surface area contributed by atoms with Gasteiger partial charge in [-0.1, -0.05) is 0 Å². The summed E-state index contributed by atoms with van der Waals surface area (Å²) in [5, 5.41) is 8.84. The van der Waals surface area contributed by atoms with E-state index in [9.17, 15) is 4.79 Å². The Hall–Kier alpha value is -2.21. The maximum atomic E-state index is 11.9. The van der Waals surface area contributed by atoms with Crippen LogP contribution in [-0.4, -0.2) is 20.9 Å². The largest absolute Gasteiger partial charge is 0.460 e. The van der Waals surface area contributed by atoms with Crippen LogP contribution in [0.1, 0.15) is 21.7 Å². The summed E-state index contributed by atoms with van der Waals surface area (Å²) in [7, 11) is 0. The lowest BCUT2D eigenvalue weighted by Crippen LogP contribution is -2.06. The van der Waals surface area contributed by atoms with Crippen molar-refractivity contribution in [2.45, 2.75) is 6.61 Å². The lowest BCUT2D eigenvalue weighted by Gasteiger charge is -1.99. The summed E-state index contributed by atoms with van der Waals surface area (Å²) in [5.41, 5.74) is 6.24. The molecule has 2 aromatic rings. The first-order valence-corrected chi connectivity index (χ1v) is 4.51. The molecule has 0 amide bonds. The van der Waals surface area contributed by atoms with E-state index in [0.29, 0.717) is 5.56 Å². The first kappa shape index (κ1) is 10.3. The molecule has 0 fully saturated rings. The Kier molecular flexibility index (Phi) is 2.65. The molecule has 0 aliphatic rings. The molecule has 16 heavy (non-hydrogen) atoms. The van der Waals surface area contributed by atoms with Crippen molar-refractivity contribution >= 4 is 11.6 Å². The van der Waals surface area contributed by atoms with E-state index in [1.165, 1.54) is 24.9 Å². The molecule has 3 N–H and O–H groups in total. The van der Waals surface area contributed by atoms with Crippen molar-refractivity contribution in [3.05, 3.63) is 41.7 Å². The number of hydrogen-bond donors (Lipinski definition) is 2. The van der Waals surface area contributed by atoms with Crippen LogP contribution in [0.5, 0.6) is 0 Å². The summed E-state index contributed by atoms with van der Waals surface area (Å²) in [6.45, 7) is -0.183. The molecule has 2 aromatic heterocycles. The Bertz CT molecular complexity index is 522. The van der Waals surface area contributed by atoms with Gasteiger partial charge in [-0.15, -0.1) is 0 Å². The van der Waals surface area contributed by atoms with Gasteiger partial charge in [0.25, 0.3) is 0 Å². The summed E-state index contributed by atoms with van der Waals surface area (Å²) < 4.78 is 5.01. The summed E-state index contributed by atoms with van der Waals surface area (Å²) in [5.74, 6) is -0.203. The molecule has 2 heterocycles. The predicted octanol–water partition coefficient (Wildman–Crippen LogP) is 0.375. The van der Waals surface area contributed by atoms with E-state index in [-0.39, 0.29) is 23.7 Å². The van der Waals surface area contributed by atoms with Crippen molar-refractivity contribution in [3.63, 3.8) is 0 Å². The zero-order chi connectivity index (χ0) is 11.5. The minimum atomic E-state index is -0.405. The number of carbonyl (C=O) groups excluding carboxylic acids is 1. The van der Waals surface area contributed by atoms with E-state index in [0.717, 1.165) is 0 Å². The maximum Gasteiger partial charge on any atom is 0.233 e. The molecule has 82 valence electrons. The molecule has 0 aliphatic heterocycles. The van der Waals surface area contributed by atoms with Crippen LogP contribution in [0.3, 0.4) is 0 Å². The zero-order valence-electron chi connectivity index (χ0n) is 8.25. The molecule has 0 spiro atoms. The van der Waals surface area contributed by atoms with Crippen LogP contribution in [0.25, 0.3) is 0 Å². The van der Waals surface area contributed by atoms with Gasteiger partial charge in [0.05, 0.1) is 18.4 Å². The van der Waals surface area contributed by atoms with E-state index >= 15 is 0 Å². The van der Waals surface area contributed by atoms with Gasteiger partial charge in [-0.2, -0.15) is 0 Å². The lowest BCUT2D eigenvalue weighted by molar-refractivity contribution is 0.101. The highest BCUT2D eigenvalue weighted by Gasteiger charge is 2.17. The van der Waals surface area contributed by atoms with Gasteiger partial charge >= 0.3 is 0 Å². The van der Waals surface area contributed by atoms with Crippen LogP contribution in [0.4, 0.5) is 5.82 Å². The number of hydrogen-bond acceptors (Lipinski definition) is 6. The molecule has 6 heteroatoms. The Labute approximate surface area is 90.7 Å². The highest BCUT2D eigenvalue weighted by Crippen LogP contribution is 2.15. The van der Waals surface area contributed by atoms with E-state index in [4.69, 9.17) is 15.3 Å². The van der Waals surface area contributed by atoms with E-state index in [1.54, 1.807) is 0 Å². The van der Waals surface area contributed by atoms with Crippen LogP contribution in [0.2, 0.25) is 0 Å². The SMILES string of the molecule is Nc1ncncc1C(=O)c1cc(CO)co1. The van der Waals surface area contributed by atoms with Gasteiger partial charge in [0.2, 0.25) is 5.78 Å². The fraction of sp³-hybridized carbons (Fsp3) is 0.100. The van der Waals surface area contributed by atoms with Crippen molar-refractivity contribution < 1.29 is 14.3 Å². The molecule has 0 atom stereocenters. The van der Waals surface area contributed by atoms with Gasteiger partial charge in [0, 0.05) is 11.8 Å². The average molecular weight is 219 g/mol. The Balaban J connectivity index is 2.35. The summed E-state index contributed by atoms with van der Waals surface area (Å²) in [6.07, 6.45) is 3.90. The minimum Gasteiger partial charge on any atom is -0.460 e. The Morgan fingerprint density at radius 3 is 3.00 bits per heavy atom. The fourth-order valence-corrected chi connectivity index (χ4v) is 1.22. The third-order valence-corrected chi connectivity index (χ3v) is 2.05. The molecule has 0 aromatic carbocycles. The first-order chi connectivity index (χ1) is 7.72. The van der Waals surface area contributed by atoms with Gasteiger partial charge in [-0.05, 0) is 6.07 Å². The molecule has 0 saturated heterocycles. The van der Waals surface area contributed by atoms with Crippen molar-refractivity contribution in [3.8, 4) is 0 Å². The van der Waals surface area contributed by atoms with Gasteiger partial charge < -0.3 is 15.3 Å². The second kappa shape index (κ2) is 4.11. The molecule has 6 nitrogen and oxygen atoms in total. The number of furan rings is 1. The van der Waals surface area contributed by atoms with E-state index < -0.39 is 5.78 Å². The molecule has 2 rings (SSSR count). The average Bonchev–Trinajstić information content (AvgIpc) is 2.77. The third kappa shape index (κ3) is 1.78. The second-order valence-corrected chi connectivity index (χ2v) is 3.13. The van der Waals surface area contributed by atoms with Crippen molar-refractivity contribution in [1.82, 2.24) is 9.97 Å². The number of aliphatic hydroxyl groups is 1. The number of nitrogens with two attached hydrogens (primary N) is 1. The van der Waals surface area contributed by atoms with Crippen LogP contribution >= 0.6 is 0 Å². The molecular weight excluding hydrogens is 210 g/mol. The van der Waals surface area contributed by atoms with Gasteiger partial charge in [0.15, 0.2) is 5.76 Å². The number of nitrogens with zero attached hydrogens (tertiary/aromatic N) is 2. The van der Waals surface area contributed by atoms with Gasteiger partial charge in [-0.3, -0.25) is 4.79 Å². The van der Waals surface area contributed by atoms with Crippen LogP contribution in [0, 0.1) is 0 Å². The molecule has 0 bridgehead atoms. The third-order valence-electron chi connectivity index (χ3n) is 2.05. The number of nitrogen functional groups attached to an aromatic ring is 1. The monoisotopic (exact) mass is 219 g/mol. The quantitative estimate of drug-likeness (QED) is 0.723. The number of aliphatic hydroxyl groups excluding tert-OH is 1. The predicted molar refractivity (Wildman–Crippen MR) is 54.5 cm³/mol. The first-order valence-electron chi connectivity index (χ1n) is 4.51. The van der Waals surface area contributed by atoms with E-state index in [1.807, 2.05) is 0 Å². The van der Waals surface area contributed by atoms with Crippen molar-refractivity contribution in [1.29, 1.82) is 0 Å². The number of ketones is 1. The van der Waals surface area contributed by atoms with Crippen molar-refractivity contribution in [2.24, 2.45) is 0 Å². The molecule has 0 saturated carbocycles. The van der Waals surface area contributed by atoms with Crippen LogP contribution in [0.15, 0.2) is 29.3 Å². The zero-order valence-corrected chi connectivity index (χ0v) is 8.25. The smallest absolute Gasteiger partial charge is 0.233 e. The summed E-state index contributed by atoms with van der Waals surface area (Å²) in [6, 6.07) is 1.45. The fourth-order valence-electron chi connectivity index (χ4n) is 1.22. The Morgan fingerprint density at radius 2 is 2.38 bits per heavy atom. The van der Waals surface area contributed by atoms with Gasteiger partial charge in [0.1, 0.15) is 12.1 Å². The number of rotatable bonds is 3. The highest BCUT2D eigenvalue weighted by molar-refractivity contribution is 6.09. The topological polar surface area (TPSA) is 102 Å². The van der Waals surface area contributed by atoms with Crippen LogP contribution in [-0.2, 0) is 6.61 Å². The maximum absolute atomic E-state index is 11.9. The number of aromatic nitrogens is 2. The normalized spacial score (nSPS) is 10.3. The molecule has 0 radical (unpaired) electrons. The van der Waals surface area contributed by atoms with E-state index in [2.05, 4.69) is 9.97 Å². The lowest BCUT2D eigenvalue weighted by atomic mass is 10.1. The molecular formula is C10H9N3O3. The molecule has 0 unspecified atom stereocenters. The van der Waals surface area contributed by atoms with Crippen LogP contribution < -0.4 is 5.73 Å². The van der Waals surface area contributed by atoms with Gasteiger partial charge in [-0.25, -0.2) is 9.97 Å². The molecule has 0 aliphatic carbocycles. The minimum absolute atomic E-state index is 0.0990. The summed E-state index contributed by atoms with van der Waals surface area (Å²) in [4.78, 5) is 19.3.